The number of anilines is 1. The molecule has 0 bridgehead atoms. The standard InChI is InChI=1S/C14H19N3O/c1-2-5-13(17-8-10-18-11-9-17)12(4-1)14-15-6-3-7-16-14/h1-2,4-5H,3,6-11H2,(H,15,16). The summed E-state index contributed by atoms with van der Waals surface area (Å²) in [5.41, 5.74) is 2.49. The summed E-state index contributed by atoms with van der Waals surface area (Å²) in [5, 5.41) is 3.41. The number of rotatable bonds is 2. The Labute approximate surface area is 108 Å². The van der Waals surface area contributed by atoms with Gasteiger partial charge in [-0.05, 0) is 18.6 Å². The molecule has 2 aliphatic rings. The fourth-order valence-electron chi connectivity index (χ4n) is 2.47. The van der Waals surface area contributed by atoms with Crippen molar-refractivity contribution in [2.45, 2.75) is 6.42 Å². The molecule has 2 heterocycles. The van der Waals surface area contributed by atoms with Crippen LogP contribution in [0.15, 0.2) is 29.3 Å². The van der Waals surface area contributed by atoms with Gasteiger partial charge in [-0.2, -0.15) is 0 Å². The van der Waals surface area contributed by atoms with E-state index in [1.165, 1.54) is 11.3 Å². The minimum absolute atomic E-state index is 0.814. The molecule has 1 N–H and O–H groups in total. The van der Waals surface area contributed by atoms with E-state index in [4.69, 9.17) is 4.74 Å². The van der Waals surface area contributed by atoms with E-state index in [-0.39, 0.29) is 0 Å². The normalized spacial score (nSPS) is 20.2. The average Bonchev–Trinajstić information content (AvgIpc) is 2.49. The second-order valence-electron chi connectivity index (χ2n) is 4.63. The molecule has 96 valence electrons. The van der Waals surface area contributed by atoms with Crippen LogP contribution in [0.1, 0.15) is 12.0 Å². The molecule has 18 heavy (non-hydrogen) atoms. The zero-order chi connectivity index (χ0) is 12.2. The van der Waals surface area contributed by atoms with Gasteiger partial charge in [-0.3, -0.25) is 4.99 Å². The second kappa shape index (κ2) is 5.40. The Balaban J connectivity index is 1.91. The van der Waals surface area contributed by atoms with Gasteiger partial charge in [0.1, 0.15) is 5.84 Å². The first-order valence-electron chi connectivity index (χ1n) is 6.65. The van der Waals surface area contributed by atoms with Crippen LogP contribution in [0.5, 0.6) is 0 Å². The van der Waals surface area contributed by atoms with E-state index in [1.807, 2.05) is 0 Å². The van der Waals surface area contributed by atoms with Crippen LogP contribution in [0, 0.1) is 0 Å². The van der Waals surface area contributed by atoms with Gasteiger partial charge >= 0.3 is 0 Å². The Morgan fingerprint density at radius 2 is 2.00 bits per heavy atom. The third-order valence-corrected chi connectivity index (χ3v) is 3.41. The van der Waals surface area contributed by atoms with Crippen LogP contribution in [0.2, 0.25) is 0 Å². The van der Waals surface area contributed by atoms with Crippen molar-refractivity contribution in [1.82, 2.24) is 5.32 Å². The van der Waals surface area contributed by atoms with Crippen LogP contribution in [-0.2, 0) is 4.74 Å². The molecule has 0 radical (unpaired) electrons. The van der Waals surface area contributed by atoms with Crippen molar-refractivity contribution in [3.63, 3.8) is 0 Å². The molecule has 1 aromatic carbocycles. The SMILES string of the molecule is c1ccc(N2CCOCC2)c(C2=NCCCN2)c1. The van der Waals surface area contributed by atoms with Gasteiger partial charge < -0.3 is 15.0 Å². The van der Waals surface area contributed by atoms with Gasteiger partial charge in [0.05, 0.1) is 13.2 Å². The molecule has 0 aliphatic carbocycles. The Morgan fingerprint density at radius 3 is 2.78 bits per heavy atom. The van der Waals surface area contributed by atoms with Gasteiger partial charge in [0.2, 0.25) is 0 Å². The molecule has 0 saturated carbocycles. The minimum Gasteiger partial charge on any atom is -0.378 e. The van der Waals surface area contributed by atoms with E-state index >= 15 is 0 Å². The van der Waals surface area contributed by atoms with Gasteiger partial charge in [0.15, 0.2) is 0 Å². The van der Waals surface area contributed by atoms with E-state index < -0.39 is 0 Å². The maximum absolute atomic E-state index is 5.42. The molecule has 4 nitrogen and oxygen atoms in total. The summed E-state index contributed by atoms with van der Waals surface area (Å²) in [4.78, 5) is 6.99. The van der Waals surface area contributed by atoms with Crippen LogP contribution in [-0.4, -0.2) is 45.2 Å². The lowest BCUT2D eigenvalue weighted by Crippen LogP contribution is -2.38. The lowest BCUT2D eigenvalue weighted by Gasteiger charge is -2.31. The molecule has 0 atom stereocenters. The predicted molar refractivity (Wildman–Crippen MR) is 73.5 cm³/mol. The maximum Gasteiger partial charge on any atom is 0.130 e. The number of morpholine rings is 1. The van der Waals surface area contributed by atoms with Crippen molar-refractivity contribution >= 4 is 11.5 Å². The summed E-state index contributed by atoms with van der Waals surface area (Å²) in [6.45, 7) is 5.51. The highest BCUT2D eigenvalue weighted by Gasteiger charge is 2.17. The second-order valence-corrected chi connectivity index (χ2v) is 4.63. The fraction of sp³-hybridized carbons (Fsp3) is 0.500. The number of ether oxygens (including phenoxy) is 1. The average molecular weight is 245 g/mol. The van der Waals surface area contributed by atoms with Crippen molar-refractivity contribution in [2.24, 2.45) is 4.99 Å². The molecule has 1 aromatic rings. The van der Waals surface area contributed by atoms with E-state index in [2.05, 4.69) is 39.5 Å². The highest BCUT2D eigenvalue weighted by molar-refractivity contribution is 6.03. The quantitative estimate of drug-likeness (QED) is 0.852. The number of amidine groups is 1. The molecule has 2 aliphatic heterocycles. The number of nitrogens with zero attached hydrogens (tertiary/aromatic N) is 2. The lowest BCUT2D eigenvalue weighted by molar-refractivity contribution is 0.122. The van der Waals surface area contributed by atoms with Crippen molar-refractivity contribution in [3.8, 4) is 0 Å². The zero-order valence-corrected chi connectivity index (χ0v) is 10.6. The number of benzene rings is 1. The molecule has 1 fully saturated rings. The summed E-state index contributed by atoms with van der Waals surface area (Å²) in [6.07, 6.45) is 1.13. The number of aliphatic imine (C=N–C) groups is 1. The highest BCUT2D eigenvalue weighted by atomic mass is 16.5. The van der Waals surface area contributed by atoms with E-state index in [9.17, 15) is 0 Å². The van der Waals surface area contributed by atoms with Crippen molar-refractivity contribution in [2.75, 3.05) is 44.3 Å². The summed E-state index contributed by atoms with van der Waals surface area (Å²) in [5.74, 6) is 1.04. The maximum atomic E-state index is 5.42. The summed E-state index contributed by atoms with van der Waals surface area (Å²) in [6, 6.07) is 8.51. The number of para-hydroxylation sites is 1. The van der Waals surface area contributed by atoms with E-state index in [0.29, 0.717) is 0 Å². The van der Waals surface area contributed by atoms with Crippen molar-refractivity contribution in [1.29, 1.82) is 0 Å². The summed E-state index contributed by atoms with van der Waals surface area (Å²) >= 11 is 0. The molecular formula is C14H19N3O. The summed E-state index contributed by atoms with van der Waals surface area (Å²) < 4.78 is 5.42. The molecule has 4 heteroatoms. The first-order valence-corrected chi connectivity index (χ1v) is 6.65. The largest absolute Gasteiger partial charge is 0.378 e. The van der Waals surface area contributed by atoms with Gasteiger partial charge in [-0.15, -0.1) is 0 Å². The number of nitrogens with one attached hydrogen (secondary N) is 1. The lowest BCUT2D eigenvalue weighted by atomic mass is 10.1. The van der Waals surface area contributed by atoms with Crippen molar-refractivity contribution in [3.05, 3.63) is 29.8 Å². The first-order chi connectivity index (χ1) is 8.95. The van der Waals surface area contributed by atoms with E-state index in [1.54, 1.807) is 0 Å². The van der Waals surface area contributed by atoms with Crippen LogP contribution in [0.25, 0.3) is 0 Å². The fourth-order valence-corrected chi connectivity index (χ4v) is 2.47. The Bertz CT molecular complexity index is 438. The van der Waals surface area contributed by atoms with Gasteiger partial charge in [-0.1, -0.05) is 12.1 Å². The summed E-state index contributed by atoms with van der Waals surface area (Å²) in [7, 11) is 0. The third-order valence-electron chi connectivity index (χ3n) is 3.41. The van der Waals surface area contributed by atoms with Crippen LogP contribution >= 0.6 is 0 Å². The van der Waals surface area contributed by atoms with Gasteiger partial charge in [-0.25, -0.2) is 0 Å². The Morgan fingerprint density at radius 1 is 1.17 bits per heavy atom. The molecule has 0 unspecified atom stereocenters. The zero-order valence-electron chi connectivity index (χ0n) is 10.6. The first kappa shape index (κ1) is 11.5. The topological polar surface area (TPSA) is 36.9 Å². The Hall–Kier alpha value is -1.55. The smallest absolute Gasteiger partial charge is 0.130 e. The third kappa shape index (κ3) is 2.34. The van der Waals surface area contributed by atoms with Crippen LogP contribution < -0.4 is 10.2 Å². The number of hydrogen-bond acceptors (Lipinski definition) is 4. The van der Waals surface area contributed by atoms with Crippen LogP contribution in [0.4, 0.5) is 5.69 Å². The molecule has 1 saturated heterocycles. The minimum atomic E-state index is 0.814. The highest BCUT2D eigenvalue weighted by Crippen LogP contribution is 2.22. The predicted octanol–water partition coefficient (Wildman–Crippen LogP) is 1.26. The molecule has 0 amide bonds. The molecule has 0 aromatic heterocycles. The molecular weight excluding hydrogens is 226 g/mol. The van der Waals surface area contributed by atoms with Gasteiger partial charge in [0, 0.05) is 37.4 Å². The van der Waals surface area contributed by atoms with Crippen molar-refractivity contribution < 1.29 is 4.74 Å². The Kier molecular flexibility index (Phi) is 3.46. The molecule has 3 rings (SSSR count). The number of hydrogen-bond donors (Lipinski definition) is 1. The van der Waals surface area contributed by atoms with E-state index in [0.717, 1.165) is 51.6 Å². The molecule has 0 spiro atoms. The monoisotopic (exact) mass is 245 g/mol. The van der Waals surface area contributed by atoms with Crippen LogP contribution in [0.3, 0.4) is 0 Å². The van der Waals surface area contributed by atoms with Gasteiger partial charge in [0.25, 0.3) is 0 Å².